The second kappa shape index (κ2) is 5.69. The summed E-state index contributed by atoms with van der Waals surface area (Å²) in [7, 11) is 1.75. The van der Waals surface area contributed by atoms with Crippen LogP contribution in [-0.4, -0.2) is 43.8 Å². The summed E-state index contributed by atoms with van der Waals surface area (Å²) in [6.07, 6.45) is 2.59. The van der Waals surface area contributed by atoms with Crippen LogP contribution in [0.1, 0.15) is 26.7 Å². The Hall–Kier alpha value is -0.120. The van der Waals surface area contributed by atoms with Crippen molar-refractivity contribution >= 4 is 0 Å². The molecular formula is C11H24N2O. The predicted molar refractivity (Wildman–Crippen MR) is 59.3 cm³/mol. The summed E-state index contributed by atoms with van der Waals surface area (Å²) in [5.41, 5.74) is 5.76. The van der Waals surface area contributed by atoms with Crippen molar-refractivity contribution in [3.8, 4) is 0 Å². The average molecular weight is 200 g/mol. The minimum Gasteiger partial charge on any atom is -0.383 e. The molecular weight excluding hydrogens is 176 g/mol. The molecule has 1 aliphatic heterocycles. The Morgan fingerprint density at radius 1 is 1.50 bits per heavy atom. The maximum absolute atomic E-state index is 5.76. The Bertz CT molecular complexity index is 163. The van der Waals surface area contributed by atoms with Gasteiger partial charge in [0.15, 0.2) is 0 Å². The van der Waals surface area contributed by atoms with E-state index in [1.54, 1.807) is 7.11 Å². The number of methoxy groups -OCH3 is 1. The highest BCUT2D eigenvalue weighted by Gasteiger charge is 2.27. The van der Waals surface area contributed by atoms with E-state index < -0.39 is 0 Å². The molecule has 0 bridgehead atoms. The number of nitrogens with zero attached hydrogens (tertiary/aromatic N) is 1. The Labute approximate surface area is 87.6 Å². The van der Waals surface area contributed by atoms with Crippen molar-refractivity contribution in [2.75, 3.05) is 26.8 Å². The number of hydrogen-bond acceptors (Lipinski definition) is 3. The van der Waals surface area contributed by atoms with Crippen molar-refractivity contribution in [2.45, 2.75) is 38.8 Å². The Kier molecular flexibility index (Phi) is 4.85. The molecule has 3 nitrogen and oxygen atoms in total. The monoisotopic (exact) mass is 200 g/mol. The fourth-order valence-corrected chi connectivity index (χ4v) is 2.46. The molecule has 0 aromatic heterocycles. The van der Waals surface area contributed by atoms with E-state index in [2.05, 4.69) is 18.7 Å². The van der Waals surface area contributed by atoms with Gasteiger partial charge in [-0.25, -0.2) is 0 Å². The summed E-state index contributed by atoms with van der Waals surface area (Å²) in [6.45, 7) is 7.27. The van der Waals surface area contributed by atoms with Gasteiger partial charge in [0.1, 0.15) is 0 Å². The molecule has 1 aliphatic rings. The second-order valence-corrected chi connectivity index (χ2v) is 4.56. The van der Waals surface area contributed by atoms with Gasteiger partial charge in [0.25, 0.3) is 0 Å². The van der Waals surface area contributed by atoms with Crippen LogP contribution < -0.4 is 5.73 Å². The smallest absolute Gasteiger partial charge is 0.0630 e. The summed E-state index contributed by atoms with van der Waals surface area (Å²) in [6, 6.07) is 1.06. The van der Waals surface area contributed by atoms with E-state index in [0.29, 0.717) is 18.6 Å². The number of hydrogen-bond donors (Lipinski definition) is 1. The molecule has 0 radical (unpaired) electrons. The van der Waals surface area contributed by atoms with Crippen LogP contribution in [0.2, 0.25) is 0 Å². The highest BCUT2D eigenvalue weighted by molar-refractivity contribution is 4.83. The van der Waals surface area contributed by atoms with E-state index in [9.17, 15) is 0 Å². The molecule has 1 heterocycles. The van der Waals surface area contributed by atoms with Crippen LogP contribution in [0.5, 0.6) is 0 Å². The number of rotatable bonds is 4. The molecule has 3 heteroatoms. The fraction of sp³-hybridized carbons (Fsp3) is 1.00. The maximum atomic E-state index is 5.76. The summed E-state index contributed by atoms with van der Waals surface area (Å²) < 4.78 is 5.20. The lowest BCUT2D eigenvalue weighted by Crippen LogP contribution is -2.51. The lowest BCUT2D eigenvalue weighted by molar-refractivity contribution is 0.0378. The first kappa shape index (κ1) is 12.0. The zero-order valence-electron chi connectivity index (χ0n) is 9.70. The quantitative estimate of drug-likeness (QED) is 0.738. The van der Waals surface area contributed by atoms with Gasteiger partial charge in [0.2, 0.25) is 0 Å². The molecule has 0 aliphatic carbocycles. The van der Waals surface area contributed by atoms with Gasteiger partial charge in [-0.15, -0.1) is 0 Å². The summed E-state index contributed by atoms with van der Waals surface area (Å²) >= 11 is 0. The fourth-order valence-electron chi connectivity index (χ4n) is 2.46. The van der Waals surface area contributed by atoms with Crippen LogP contribution in [0.3, 0.4) is 0 Å². The molecule has 14 heavy (non-hydrogen) atoms. The maximum Gasteiger partial charge on any atom is 0.0630 e. The zero-order chi connectivity index (χ0) is 10.6. The van der Waals surface area contributed by atoms with Crippen LogP contribution in [-0.2, 0) is 4.74 Å². The molecule has 3 atom stereocenters. The number of ether oxygens (including phenoxy) is 1. The largest absolute Gasteiger partial charge is 0.383 e. The lowest BCUT2D eigenvalue weighted by Gasteiger charge is -2.41. The molecule has 0 aromatic rings. The van der Waals surface area contributed by atoms with Crippen LogP contribution in [0.15, 0.2) is 0 Å². The molecule has 1 saturated heterocycles. The molecule has 0 saturated carbocycles. The van der Waals surface area contributed by atoms with E-state index in [0.717, 1.165) is 12.5 Å². The molecule has 2 N–H and O–H groups in total. The Balaban J connectivity index is 2.48. The van der Waals surface area contributed by atoms with Crippen molar-refractivity contribution < 1.29 is 4.74 Å². The normalized spacial score (nSPS) is 31.7. The third-order valence-electron chi connectivity index (χ3n) is 3.29. The molecule has 1 rings (SSSR count). The zero-order valence-corrected chi connectivity index (χ0v) is 9.70. The van der Waals surface area contributed by atoms with Gasteiger partial charge >= 0.3 is 0 Å². The first-order chi connectivity index (χ1) is 6.69. The first-order valence-corrected chi connectivity index (χ1v) is 5.63. The van der Waals surface area contributed by atoms with Gasteiger partial charge in [-0.2, -0.15) is 0 Å². The van der Waals surface area contributed by atoms with Gasteiger partial charge < -0.3 is 10.5 Å². The van der Waals surface area contributed by atoms with Crippen LogP contribution in [0.4, 0.5) is 0 Å². The average Bonchev–Trinajstić information content (AvgIpc) is 2.15. The highest BCUT2D eigenvalue weighted by Crippen LogP contribution is 2.23. The molecule has 84 valence electrons. The molecule has 3 unspecified atom stereocenters. The van der Waals surface area contributed by atoms with Gasteiger partial charge in [-0.3, -0.25) is 4.90 Å². The van der Waals surface area contributed by atoms with Crippen molar-refractivity contribution in [2.24, 2.45) is 11.7 Å². The SMILES string of the molecule is COCC(CN)N1CCC(C)CC1C. The predicted octanol–water partition coefficient (Wildman–Crippen LogP) is 1.08. The van der Waals surface area contributed by atoms with Gasteiger partial charge in [-0.1, -0.05) is 6.92 Å². The van der Waals surface area contributed by atoms with E-state index in [4.69, 9.17) is 10.5 Å². The minimum atomic E-state index is 0.405. The van der Waals surface area contributed by atoms with E-state index in [1.165, 1.54) is 19.4 Å². The third kappa shape index (κ3) is 2.94. The van der Waals surface area contributed by atoms with Crippen molar-refractivity contribution in [1.29, 1.82) is 0 Å². The highest BCUT2D eigenvalue weighted by atomic mass is 16.5. The van der Waals surface area contributed by atoms with E-state index in [-0.39, 0.29) is 0 Å². The van der Waals surface area contributed by atoms with Gasteiger partial charge in [-0.05, 0) is 32.2 Å². The van der Waals surface area contributed by atoms with Crippen molar-refractivity contribution in [3.63, 3.8) is 0 Å². The second-order valence-electron chi connectivity index (χ2n) is 4.56. The molecule has 1 fully saturated rings. The minimum absolute atomic E-state index is 0.405. The Morgan fingerprint density at radius 2 is 2.21 bits per heavy atom. The molecule has 0 spiro atoms. The topological polar surface area (TPSA) is 38.5 Å². The van der Waals surface area contributed by atoms with Crippen LogP contribution in [0.25, 0.3) is 0 Å². The van der Waals surface area contributed by atoms with Crippen LogP contribution >= 0.6 is 0 Å². The standard InChI is InChI=1S/C11H24N2O/c1-9-4-5-13(10(2)6-9)11(7-12)8-14-3/h9-11H,4-8,12H2,1-3H3. The Morgan fingerprint density at radius 3 is 2.71 bits per heavy atom. The molecule has 0 aromatic carbocycles. The first-order valence-electron chi connectivity index (χ1n) is 5.63. The van der Waals surface area contributed by atoms with E-state index in [1.807, 2.05) is 0 Å². The summed E-state index contributed by atoms with van der Waals surface area (Å²) in [5.74, 6) is 0.863. The van der Waals surface area contributed by atoms with Gasteiger partial charge in [0, 0.05) is 25.7 Å². The van der Waals surface area contributed by atoms with Gasteiger partial charge in [0.05, 0.1) is 6.61 Å². The van der Waals surface area contributed by atoms with Crippen LogP contribution in [0, 0.1) is 5.92 Å². The summed E-state index contributed by atoms with van der Waals surface area (Å²) in [4.78, 5) is 2.50. The summed E-state index contributed by atoms with van der Waals surface area (Å²) in [5, 5.41) is 0. The number of nitrogens with two attached hydrogens (primary N) is 1. The number of likely N-dealkylation sites (tertiary alicyclic amines) is 1. The van der Waals surface area contributed by atoms with Crippen molar-refractivity contribution in [3.05, 3.63) is 0 Å². The lowest BCUT2D eigenvalue weighted by atomic mass is 9.92. The number of piperidine rings is 1. The van der Waals surface area contributed by atoms with E-state index >= 15 is 0 Å². The van der Waals surface area contributed by atoms with Crippen molar-refractivity contribution in [1.82, 2.24) is 4.90 Å². The third-order valence-corrected chi connectivity index (χ3v) is 3.29. The molecule has 0 amide bonds.